The van der Waals surface area contributed by atoms with Crippen LogP contribution in [-0.4, -0.2) is 34.7 Å². The Labute approximate surface area is 128 Å². The highest BCUT2D eigenvalue weighted by molar-refractivity contribution is 6.59. The molecular formula is C16H17BO5. The van der Waals surface area contributed by atoms with Crippen LogP contribution >= 0.6 is 0 Å². The van der Waals surface area contributed by atoms with E-state index in [4.69, 9.17) is 4.74 Å². The molecule has 0 aliphatic rings. The zero-order chi connectivity index (χ0) is 16.3. The van der Waals surface area contributed by atoms with Crippen LogP contribution in [0.1, 0.15) is 24.2 Å². The van der Waals surface area contributed by atoms with Crippen molar-refractivity contribution in [2.75, 3.05) is 0 Å². The van der Waals surface area contributed by atoms with Crippen LogP contribution in [0.15, 0.2) is 36.4 Å². The van der Waals surface area contributed by atoms with E-state index < -0.39 is 7.12 Å². The number of ether oxygens (including phenoxy) is 1. The van der Waals surface area contributed by atoms with E-state index in [1.807, 2.05) is 13.8 Å². The second-order valence-corrected chi connectivity index (χ2v) is 5.18. The molecule has 0 bridgehead atoms. The number of carbonyl (C=O) groups excluding carboxylic acids is 1. The molecule has 22 heavy (non-hydrogen) atoms. The van der Waals surface area contributed by atoms with Crippen LogP contribution in [0.4, 0.5) is 0 Å². The van der Waals surface area contributed by atoms with Crippen molar-refractivity contribution in [2.24, 2.45) is 0 Å². The molecule has 0 unspecified atom stereocenters. The Kier molecular flexibility index (Phi) is 4.85. The molecule has 0 saturated carbocycles. The molecule has 0 aliphatic carbocycles. The molecular weight excluding hydrogens is 283 g/mol. The molecule has 6 heteroatoms. The van der Waals surface area contributed by atoms with Gasteiger partial charge in [-0.3, -0.25) is 4.79 Å². The number of aldehydes is 1. The van der Waals surface area contributed by atoms with E-state index >= 15 is 0 Å². The summed E-state index contributed by atoms with van der Waals surface area (Å²) in [7, 11) is -1.67. The van der Waals surface area contributed by atoms with E-state index in [2.05, 4.69) is 0 Å². The third-order valence-electron chi connectivity index (χ3n) is 3.14. The zero-order valence-electron chi connectivity index (χ0n) is 12.4. The minimum atomic E-state index is -1.67. The van der Waals surface area contributed by atoms with Crippen LogP contribution in [0, 0.1) is 0 Å². The maximum atomic E-state index is 10.9. The Hall–Kier alpha value is -2.31. The largest absolute Gasteiger partial charge is 0.507 e. The van der Waals surface area contributed by atoms with E-state index in [1.165, 1.54) is 12.1 Å². The maximum Gasteiger partial charge on any atom is 0.492 e. The van der Waals surface area contributed by atoms with Crippen molar-refractivity contribution in [3.05, 3.63) is 42.0 Å². The molecule has 0 aromatic heterocycles. The standard InChI is InChI=1S/C16H17BO5/c1-10(2)22-16-6-4-12(8-14(16)17(20)21)11-3-5-15(19)13(7-11)9-18/h3-10,19-21H,1-2H3. The highest BCUT2D eigenvalue weighted by Gasteiger charge is 2.19. The van der Waals surface area contributed by atoms with Crippen LogP contribution in [0.25, 0.3) is 11.1 Å². The molecule has 0 radical (unpaired) electrons. The van der Waals surface area contributed by atoms with Gasteiger partial charge in [0.1, 0.15) is 11.5 Å². The summed E-state index contributed by atoms with van der Waals surface area (Å²) in [5.41, 5.74) is 1.78. The highest BCUT2D eigenvalue weighted by atomic mass is 16.5. The van der Waals surface area contributed by atoms with Crippen molar-refractivity contribution < 1.29 is 24.7 Å². The lowest BCUT2D eigenvalue weighted by atomic mass is 9.78. The summed E-state index contributed by atoms with van der Waals surface area (Å²) in [4.78, 5) is 10.9. The van der Waals surface area contributed by atoms with Gasteiger partial charge in [0.05, 0.1) is 11.7 Å². The summed E-state index contributed by atoms with van der Waals surface area (Å²) in [6.07, 6.45) is 0.468. The number of carbonyl (C=O) groups is 1. The van der Waals surface area contributed by atoms with E-state index in [-0.39, 0.29) is 22.9 Å². The van der Waals surface area contributed by atoms with Crippen molar-refractivity contribution in [1.82, 2.24) is 0 Å². The third kappa shape index (κ3) is 3.47. The third-order valence-corrected chi connectivity index (χ3v) is 3.14. The Balaban J connectivity index is 2.48. The summed E-state index contributed by atoms with van der Waals surface area (Å²) in [5.74, 6) is 0.295. The molecule has 0 amide bonds. The van der Waals surface area contributed by atoms with Crippen LogP contribution in [0.5, 0.6) is 11.5 Å². The SMILES string of the molecule is CC(C)Oc1ccc(-c2ccc(O)c(C=O)c2)cc1B(O)O. The van der Waals surface area contributed by atoms with Gasteiger partial charge in [-0.2, -0.15) is 0 Å². The van der Waals surface area contributed by atoms with Gasteiger partial charge in [-0.1, -0.05) is 18.2 Å². The van der Waals surface area contributed by atoms with Gasteiger partial charge in [-0.15, -0.1) is 0 Å². The number of rotatable bonds is 5. The first-order valence-corrected chi connectivity index (χ1v) is 6.87. The Bertz CT molecular complexity index is 682. The molecule has 2 aromatic carbocycles. The normalized spacial score (nSPS) is 10.6. The molecule has 2 aromatic rings. The van der Waals surface area contributed by atoms with Crippen LogP contribution < -0.4 is 10.2 Å². The Morgan fingerprint density at radius 3 is 2.32 bits per heavy atom. The summed E-state index contributed by atoms with van der Waals surface area (Å²) in [6, 6.07) is 9.60. The number of benzene rings is 2. The summed E-state index contributed by atoms with van der Waals surface area (Å²) >= 11 is 0. The monoisotopic (exact) mass is 300 g/mol. The smallest absolute Gasteiger partial charge is 0.492 e. The quantitative estimate of drug-likeness (QED) is 0.573. The van der Waals surface area contributed by atoms with Crippen LogP contribution in [-0.2, 0) is 0 Å². The van der Waals surface area contributed by atoms with Gasteiger partial charge in [0.2, 0.25) is 0 Å². The minimum absolute atomic E-state index is 0.0964. The van der Waals surface area contributed by atoms with E-state index in [0.717, 1.165) is 0 Å². The van der Waals surface area contributed by atoms with Crippen molar-refractivity contribution in [1.29, 1.82) is 0 Å². The first-order chi connectivity index (χ1) is 10.4. The van der Waals surface area contributed by atoms with Crippen molar-refractivity contribution >= 4 is 18.9 Å². The summed E-state index contributed by atoms with van der Waals surface area (Å²) in [6.45, 7) is 3.69. The molecule has 0 heterocycles. The van der Waals surface area contributed by atoms with Crippen molar-refractivity contribution in [2.45, 2.75) is 20.0 Å². The van der Waals surface area contributed by atoms with Gasteiger partial charge in [0.15, 0.2) is 6.29 Å². The number of hydrogen-bond acceptors (Lipinski definition) is 5. The molecule has 0 saturated heterocycles. The minimum Gasteiger partial charge on any atom is -0.507 e. The number of aromatic hydroxyl groups is 1. The predicted molar refractivity (Wildman–Crippen MR) is 84.5 cm³/mol. The van der Waals surface area contributed by atoms with E-state index in [1.54, 1.807) is 24.3 Å². The number of hydrogen-bond donors (Lipinski definition) is 3. The first kappa shape index (κ1) is 16.1. The second kappa shape index (κ2) is 6.64. The van der Waals surface area contributed by atoms with Gasteiger partial charge in [-0.05, 0) is 43.2 Å². The molecule has 0 spiro atoms. The van der Waals surface area contributed by atoms with Crippen LogP contribution in [0.2, 0.25) is 0 Å². The molecule has 2 rings (SSSR count). The lowest BCUT2D eigenvalue weighted by Gasteiger charge is -2.15. The average molecular weight is 300 g/mol. The average Bonchev–Trinajstić information content (AvgIpc) is 2.47. The lowest BCUT2D eigenvalue weighted by molar-refractivity contribution is 0.112. The number of phenolic OH excluding ortho intramolecular Hbond substituents is 1. The zero-order valence-corrected chi connectivity index (χ0v) is 12.4. The fraction of sp³-hybridized carbons (Fsp3) is 0.188. The molecule has 114 valence electrons. The highest BCUT2D eigenvalue weighted by Crippen LogP contribution is 2.26. The summed E-state index contributed by atoms with van der Waals surface area (Å²) in [5, 5.41) is 28.6. The van der Waals surface area contributed by atoms with Gasteiger partial charge in [-0.25, -0.2) is 0 Å². The van der Waals surface area contributed by atoms with E-state index in [9.17, 15) is 19.9 Å². The molecule has 0 atom stereocenters. The molecule has 0 aliphatic heterocycles. The maximum absolute atomic E-state index is 10.9. The Morgan fingerprint density at radius 1 is 1.09 bits per heavy atom. The molecule has 0 fully saturated rings. The molecule has 5 nitrogen and oxygen atoms in total. The second-order valence-electron chi connectivity index (χ2n) is 5.18. The van der Waals surface area contributed by atoms with Crippen LogP contribution in [0.3, 0.4) is 0 Å². The first-order valence-electron chi connectivity index (χ1n) is 6.87. The lowest BCUT2D eigenvalue weighted by Crippen LogP contribution is -2.32. The van der Waals surface area contributed by atoms with Gasteiger partial charge in [0, 0.05) is 5.46 Å². The fourth-order valence-electron chi connectivity index (χ4n) is 2.12. The predicted octanol–water partition coefficient (Wildman–Crippen LogP) is 1.34. The van der Waals surface area contributed by atoms with Gasteiger partial charge >= 0.3 is 7.12 Å². The number of phenols is 1. The van der Waals surface area contributed by atoms with Gasteiger partial charge < -0.3 is 19.9 Å². The summed E-state index contributed by atoms with van der Waals surface area (Å²) < 4.78 is 5.55. The van der Waals surface area contributed by atoms with E-state index in [0.29, 0.717) is 23.2 Å². The Morgan fingerprint density at radius 2 is 1.73 bits per heavy atom. The fourth-order valence-corrected chi connectivity index (χ4v) is 2.12. The topological polar surface area (TPSA) is 87.0 Å². The van der Waals surface area contributed by atoms with Crippen molar-refractivity contribution in [3.8, 4) is 22.6 Å². The van der Waals surface area contributed by atoms with Gasteiger partial charge in [0.25, 0.3) is 0 Å². The molecule has 3 N–H and O–H groups in total. The van der Waals surface area contributed by atoms with Crippen molar-refractivity contribution in [3.63, 3.8) is 0 Å².